The third kappa shape index (κ3) is 4.00. The van der Waals surface area contributed by atoms with E-state index in [1.807, 2.05) is 30.5 Å². The molecule has 0 spiro atoms. The summed E-state index contributed by atoms with van der Waals surface area (Å²) in [5, 5.41) is 2.69. The van der Waals surface area contributed by atoms with Crippen molar-refractivity contribution in [2.45, 2.75) is 33.5 Å². The van der Waals surface area contributed by atoms with E-state index in [2.05, 4.69) is 26.3 Å². The van der Waals surface area contributed by atoms with Crippen molar-refractivity contribution in [3.63, 3.8) is 0 Å². The fourth-order valence-electron chi connectivity index (χ4n) is 2.87. The number of imidazole rings is 1. The number of halogens is 1. The molecule has 1 aromatic carbocycles. The minimum absolute atomic E-state index is 0.0219. The van der Waals surface area contributed by atoms with E-state index in [0.717, 1.165) is 16.6 Å². The first-order valence-corrected chi connectivity index (χ1v) is 9.24. The molecule has 0 saturated carbocycles. The monoisotopic (exact) mass is 403 g/mol. The minimum Gasteiger partial charge on any atom is -0.382 e. The number of ether oxygens (including phenoxy) is 1. The Balaban J connectivity index is 1.82. The quantitative estimate of drug-likeness (QED) is 0.550. The van der Waals surface area contributed by atoms with Crippen LogP contribution in [0.25, 0.3) is 11.0 Å². The number of aromatic nitrogens is 4. The maximum absolute atomic E-state index is 12.4. The van der Waals surface area contributed by atoms with Gasteiger partial charge < -0.3 is 26.1 Å². The Morgan fingerprint density at radius 1 is 1.21 bits per heavy atom. The van der Waals surface area contributed by atoms with Crippen molar-refractivity contribution < 1.29 is 9.53 Å². The van der Waals surface area contributed by atoms with E-state index in [1.54, 1.807) is 0 Å². The van der Waals surface area contributed by atoms with Gasteiger partial charge in [0.15, 0.2) is 22.5 Å². The first-order valence-electron chi connectivity index (χ1n) is 8.87. The summed E-state index contributed by atoms with van der Waals surface area (Å²) in [7, 11) is 0. The number of carbonyl (C=O) groups excluding carboxylic acids is 1. The average molecular weight is 404 g/mol. The number of hydrogen-bond donors (Lipinski definition) is 3. The zero-order chi connectivity index (χ0) is 20.3. The van der Waals surface area contributed by atoms with Gasteiger partial charge in [-0.15, -0.1) is 0 Å². The number of fused-ring (bicyclic) bond motifs is 1. The van der Waals surface area contributed by atoms with Crippen LogP contribution in [0.3, 0.4) is 0 Å². The SMILES string of the molecule is CCOCc1ccc2nc(CNC(=O)c3nc(Cl)c(N)nc3N)n(CC)c2c1. The summed E-state index contributed by atoms with van der Waals surface area (Å²) in [6, 6.07) is 5.99. The minimum atomic E-state index is -0.501. The molecule has 2 heterocycles. The first-order chi connectivity index (χ1) is 13.4. The van der Waals surface area contributed by atoms with Gasteiger partial charge >= 0.3 is 0 Å². The Bertz CT molecular complexity index is 1020. The molecule has 0 fully saturated rings. The van der Waals surface area contributed by atoms with E-state index < -0.39 is 5.91 Å². The second-order valence-electron chi connectivity index (χ2n) is 6.05. The number of rotatable bonds is 7. The molecule has 10 heteroatoms. The third-order valence-corrected chi connectivity index (χ3v) is 4.49. The molecule has 1 amide bonds. The maximum Gasteiger partial charge on any atom is 0.274 e. The van der Waals surface area contributed by atoms with Crippen molar-refractivity contribution in [2.75, 3.05) is 18.1 Å². The molecule has 3 aromatic rings. The number of nitrogen functional groups attached to an aromatic ring is 2. The van der Waals surface area contributed by atoms with E-state index in [0.29, 0.717) is 25.6 Å². The number of nitrogens with two attached hydrogens (primary N) is 2. The molecule has 28 heavy (non-hydrogen) atoms. The first kappa shape index (κ1) is 19.8. The fraction of sp³-hybridized carbons (Fsp3) is 0.333. The van der Waals surface area contributed by atoms with Crippen LogP contribution in [0.1, 0.15) is 35.7 Å². The van der Waals surface area contributed by atoms with Gasteiger partial charge in [0, 0.05) is 13.2 Å². The largest absolute Gasteiger partial charge is 0.382 e. The highest BCUT2D eigenvalue weighted by Gasteiger charge is 2.17. The van der Waals surface area contributed by atoms with Crippen LogP contribution in [0.15, 0.2) is 18.2 Å². The molecule has 5 N–H and O–H groups in total. The van der Waals surface area contributed by atoms with Gasteiger partial charge in [-0.25, -0.2) is 15.0 Å². The summed E-state index contributed by atoms with van der Waals surface area (Å²) in [4.78, 5) is 24.8. The van der Waals surface area contributed by atoms with Crippen molar-refractivity contribution >= 4 is 40.2 Å². The lowest BCUT2D eigenvalue weighted by atomic mass is 10.2. The number of anilines is 2. The summed E-state index contributed by atoms with van der Waals surface area (Å²) >= 11 is 5.84. The molecule has 0 aliphatic heterocycles. The topological polar surface area (TPSA) is 134 Å². The summed E-state index contributed by atoms with van der Waals surface area (Å²) < 4.78 is 7.51. The molecular weight excluding hydrogens is 382 g/mol. The average Bonchev–Trinajstić information content (AvgIpc) is 3.03. The van der Waals surface area contributed by atoms with Crippen LogP contribution in [0, 0.1) is 0 Å². The van der Waals surface area contributed by atoms with Gasteiger partial charge in [0.05, 0.1) is 24.2 Å². The van der Waals surface area contributed by atoms with Crippen LogP contribution in [0.4, 0.5) is 11.6 Å². The van der Waals surface area contributed by atoms with Crippen LogP contribution in [-0.2, 0) is 24.4 Å². The predicted molar refractivity (Wildman–Crippen MR) is 108 cm³/mol. The molecule has 9 nitrogen and oxygen atoms in total. The number of nitrogens with zero attached hydrogens (tertiary/aromatic N) is 4. The van der Waals surface area contributed by atoms with Crippen molar-refractivity contribution in [1.29, 1.82) is 0 Å². The van der Waals surface area contributed by atoms with E-state index in [4.69, 9.17) is 27.8 Å². The Labute approximate surface area is 167 Å². The normalized spacial score (nSPS) is 11.1. The molecular formula is C18H22ClN7O2. The molecule has 0 unspecified atom stereocenters. The highest BCUT2D eigenvalue weighted by molar-refractivity contribution is 6.31. The number of hydrogen-bond acceptors (Lipinski definition) is 7. The molecule has 0 atom stereocenters. The van der Waals surface area contributed by atoms with Gasteiger partial charge in [-0.2, -0.15) is 0 Å². The molecule has 0 saturated heterocycles. The Morgan fingerprint density at radius 2 is 2.00 bits per heavy atom. The van der Waals surface area contributed by atoms with Crippen LogP contribution < -0.4 is 16.8 Å². The summed E-state index contributed by atoms with van der Waals surface area (Å²) in [5.74, 6) is 0.112. The number of carbonyl (C=O) groups is 1. The van der Waals surface area contributed by atoms with E-state index in [-0.39, 0.29) is 29.0 Å². The highest BCUT2D eigenvalue weighted by atomic mass is 35.5. The predicted octanol–water partition coefficient (Wildman–Crippen LogP) is 2.13. The third-order valence-electron chi connectivity index (χ3n) is 4.21. The Morgan fingerprint density at radius 3 is 2.71 bits per heavy atom. The van der Waals surface area contributed by atoms with Gasteiger partial charge in [0.2, 0.25) is 0 Å². The van der Waals surface area contributed by atoms with E-state index >= 15 is 0 Å². The maximum atomic E-state index is 12.4. The zero-order valence-corrected chi connectivity index (χ0v) is 16.5. The Kier molecular flexibility index (Phi) is 5.96. The van der Waals surface area contributed by atoms with Gasteiger partial charge in [0.25, 0.3) is 5.91 Å². The van der Waals surface area contributed by atoms with Crippen molar-refractivity contribution in [3.05, 3.63) is 40.4 Å². The summed E-state index contributed by atoms with van der Waals surface area (Å²) in [6.45, 7) is 6.08. The fourth-order valence-corrected chi connectivity index (χ4v) is 2.99. The summed E-state index contributed by atoms with van der Waals surface area (Å²) in [6.07, 6.45) is 0. The van der Waals surface area contributed by atoms with Crippen molar-refractivity contribution in [3.8, 4) is 0 Å². The molecule has 0 bridgehead atoms. The molecule has 3 rings (SSSR count). The molecule has 2 aromatic heterocycles. The molecule has 148 valence electrons. The number of nitrogens with one attached hydrogen (secondary N) is 1. The zero-order valence-electron chi connectivity index (χ0n) is 15.7. The smallest absolute Gasteiger partial charge is 0.274 e. The molecule has 0 aliphatic rings. The van der Waals surface area contributed by atoms with Gasteiger partial charge in [-0.3, -0.25) is 4.79 Å². The number of aryl methyl sites for hydroxylation is 1. The lowest BCUT2D eigenvalue weighted by molar-refractivity contribution is 0.0945. The lowest BCUT2D eigenvalue weighted by Crippen LogP contribution is -2.27. The number of amides is 1. The highest BCUT2D eigenvalue weighted by Crippen LogP contribution is 2.20. The number of benzene rings is 1. The van der Waals surface area contributed by atoms with Gasteiger partial charge in [-0.05, 0) is 31.5 Å². The van der Waals surface area contributed by atoms with Crippen molar-refractivity contribution in [2.24, 2.45) is 0 Å². The van der Waals surface area contributed by atoms with Crippen LogP contribution >= 0.6 is 11.6 Å². The lowest BCUT2D eigenvalue weighted by Gasteiger charge is -2.09. The van der Waals surface area contributed by atoms with Crippen LogP contribution in [-0.4, -0.2) is 32.0 Å². The summed E-state index contributed by atoms with van der Waals surface area (Å²) in [5.41, 5.74) is 14.1. The second-order valence-corrected chi connectivity index (χ2v) is 6.41. The van der Waals surface area contributed by atoms with Crippen LogP contribution in [0.2, 0.25) is 5.15 Å². The standard InChI is InChI=1S/C18H22ClN7O2/c1-3-26-12-7-10(9-28-4-2)5-6-11(12)23-13(26)8-22-18(27)14-16(20)25-17(21)15(19)24-14/h5-7H,3-4,8-9H2,1-2H3,(H,22,27)(H4,20,21,25). The Hall–Kier alpha value is -2.91. The van der Waals surface area contributed by atoms with E-state index in [9.17, 15) is 4.79 Å². The van der Waals surface area contributed by atoms with E-state index in [1.165, 1.54) is 0 Å². The van der Waals surface area contributed by atoms with Crippen molar-refractivity contribution in [1.82, 2.24) is 24.8 Å². The molecule has 0 aliphatic carbocycles. The van der Waals surface area contributed by atoms with Gasteiger partial charge in [0.1, 0.15) is 5.82 Å². The van der Waals surface area contributed by atoms with Gasteiger partial charge in [-0.1, -0.05) is 17.7 Å². The van der Waals surface area contributed by atoms with Crippen LogP contribution in [0.5, 0.6) is 0 Å². The second kappa shape index (κ2) is 8.41. The molecule has 0 radical (unpaired) electrons.